The van der Waals surface area contributed by atoms with Crippen LogP contribution in [0.3, 0.4) is 0 Å². The van der Waals surface area contributed by atoms with Gasteiger partial charge in [0.05, 0.1) is 0 Å². The predicted octanol–water partition coefficient (Wildman–Crippen LogP) is 11.0. The van der Waals surface area contributed by atoms with Gasteiger partial charge in [0.1, 0.15) is 23.0 Å². The van der Waals surface area contributed by atoms with Crippen molar-refractivity contribution in [2.75, 3.05) is 0 Å². The summed E-state index contributed by atoms with van der Waals surface area (Å²) in [5.74, 6) is 3.33. The standard InChI is InChI=1S/C44H36O3/c1-7-12-31(24(2)3)44(45)26(5)25(4)19-35-27(6)46-39-18-17-30-22-38-41(33-15-10-11-16-34(33)42(35)43(38)39)37-23-36-29(21-40(37)47-30)20-28-13-8-9-14-32(28)36/h7-19,21,23H,5,20,22H2,1-4,6H3/b12-7-,25-19-. The highest BCUT2D eigenvalue weighted by atomic mass is 16.5. The molecule has 0 amide bonds. The van der Waals surface area contributed by atoms with E-state index in [4.69, 9.17) is 9.47 Å². The van der Waals surface area contributed by atoms with Crippen molar-refractivity contribution in [3.63, 3.8) is 0 Å². The maximum absolute atomic E-state index is 13.6. The minimum absolute atomic E-state index is 0.0611. The van der Waals surface area contributed by atoms with Crippen LogP contribution in [-0.2, 0) is 22.4 Å². The van der Waals surface area contributed by atoms with Gasteiger partial charge in [-0.05, 0) is 121 Å². The molecular weight excluding hydrogens is 576 g/mol. The van der Waals surface area contributed by atoms with Crippen molar-refractivity contribution in [3.05, 3.63) is 159 Å². The molecule has 0 radical (unpaired) electrons. The van der Waals surface area contributed by atoms with Crippen LogP contribution >= 0.6 is 0 Å². The van der Waals surface area contributed by atoms with Gasteiger partial charge in [-0.2, -0.15) is 0 Å². The summed E-state index contributed by atoms with van der Waals surface area (Å²) < 4.78 is 13.4. The Morgan fingerprint density at radius 1 is 0.809 bits per heavy atom. The molecule has 3 nitrogen and oxygen atoms in total. The van der Waals surface area contributed by atoms with Gasteiger partial charge in [-0.3, -0.25) is 4.79 Å². The first kappa shape index (κ1) is 29.0. The quantitative estimate of drug-likeness (QED) is 0.146. The molecule has 0 aromatic heterocycles. The van der Waals surface area contributed by atoms with E-state index in [2.05, 4.69) is 85.5 Å². The third-order valence-electron chi connectivity index (χ3n) is 9.88. The SMILES string of the molecule is C=C(C(=O)C(/C=C\C)=C(C)C)/C(C)=C\C1=C(C)OC2=CC=C3Cc4c2c1c1ccccc1c4-c1cc2c(cc1O3)Cc1ccccc1-2. The molecule has 4 aliphatic rings. The van der Waals surface area contributed by atoms with Crippen LogP contribution in [0.5, 0.6) is 5.75 Å². The molecule has 0 atom stereocenters. The maximum Gasteiger partial charge on any atom is 0.192 e. The van der Waals surface area contributed by atoms with Crippen LogP contribution in [-0.4, -0.2) is 5.78 Å². The first-order valence-corrected chi connectivity index (χ1v) is 16.3. The number of hydrogen-bond acceptors (Lipinski definition) is 3. The van der Waals surface area contributed by atoms with Gasteiger partial charge in [0.25, 0.3) is 0 Å². The fourth-order valence-electron chi connectivity index (χ4n) is 7.60. The van der Waals surface area contributed by atoms with Crippen LogP contribution in [0.4, 0.5) is 0 Å². The number of hydrogen-bond donors (Lipinski definition) is 0. The zero-order chi connectivity index (χ0) is 32.6. The number of fused-ring (bicyclic) bond motifs is 9. The minimum Gasteiger partial charge on any atom is -0.461 e. The van der Waals surface area contributed by atoms with Gasteiger partial charge in [0.15, 0.2) is 5.78 Å². The molecule has 0 N–H and O–H groups in total. The highest BCUT2D eigenvalue weighted by molar-refractivity contribution is 6.14. The van der Waals surface area contributed by atoms with Gasteiger partial charge >= 0.3 is 0 Å². The Morgan fingerprint density at radius 2 is 1.55 bits per heavy atom. The Kier molecular flexibility index (Phi) is 6.70. The number of benzene rings is 4. The first-order chi connectivity index (χ1) is 22.7. The highest BCUT2D eigenvalue weighted by Crippen LogP contribution is 2.53. The third-order valence-corrected chi connectivity index (χ3v) is 9.88. The fraction of sp³-hybridized carbons (Fsp3) is 0.159. The second-order valence-electron chi connectivity index (χ2n) is 13.1. The lowest BCUT2D eigenvalue weighted by Crippen LogP contribution is -2.11. The molecule has 8 rings (SSSR count). The van der Waals surface area contributed by atoms with Crippen molar-refractivity contribution in [2.45, 2.75) is 47.5 Å². The van der Waals surface area contributed by atoms with Crippen LogP contribution in [0.1, 0.15) is 62.4 Å². The number of allylic oxidation sites excluding steroid dienone is 12. The van der Waals surface area contributed by atoms with Crippen molar-refractivity contribution in [2.24, 2.45) is 0 Å². The fourth-order valence-corrected chi connectivity index (χ4v) is 7.60. The van der Waals surface area contributed by atoms with E-state index in [1.54, 1.807) is 0 Å². The monoisotopic (exact) mass is 612 g/mol. The lowest BCUT2D eigenvalue weighted by molar-refractivity contribution is -0.111. The van der Waals surface area contributed by atoms with Gasteiger partial charge < -0.3 is 9.47 Å². The van der Waals surface area contributed by atoms with Gasteiger partial charge in [-0.1, -0.05) is 72.8 Å². The number of carbonyl (C=O) groups is 1. The Labute approximate surface area is 276 Å². The smallest absolute Gasteiger partial charge is 0.192 e. The maximum atomic E-state index is 13.6. The summed E-state index contributed by atoms with van der Waals surface area (Å²) in [5.41, 5.74) is 14.8. The lowest BCUT2D eigenvalue weighted by atomic mass is 9.80. The average molecular weight is 613 g/mol. The van der Waals surface area contributed by atoms with Gasteiger partial charge in [0, 0.05) is 39.8 Å². The van der Waals surface area contributed by atoms with Crippen LogP contribution in [0, 0.1) is 0 Å². The van der Waals surface area contributed by atoms with E-state index in [0.717, 1.165) is 68.2 Å². The van der Waals surface area contributed by atoms with E-state index < -0.39 is 0 Å². The predicted molar refractivity (Wildman–Crippen MR) is 193 cm³/mol. The lowest BCUT2D eigenvalue weighted by Gasteiger charge is -2.28. The van der Waals surface area contributed by atoms with Crippen LogP contribution in [0.25, 0.3) is 44.4 Å². The molecule has 4 aromatic rings. The third kappa shape index (κ3) is 4.45. The summed E-state index contributed by atoms with van der Waals surface area (Å²) in [6.45, 7) is 14.1. The number of ether oxygens (including phenoxy) is 2. The van der Waals surface area contributed by atoms with Crippen LogP contribution < -0.4 is 4.74 Å². The second kappa shape index (κ2) is 10.8. The second-order valence-corrected chi connectivity index (χ2v) is 13.1. The van der Waals surface area contributed by atoms with E-state index in [9.17, 15) is 4.79 Å². The Balaban J connectivity index is 1.37. The van der Waals surface area contributed by atoms with E-state index in [1.807, 2.05) is 46.8 Å². The molecule has 230 valence electrons. The summed E-state index contributed by atoms with van der Waals surface area (Å²) >= 11 is 0. The van der Waals surface area contributed by atoms with Crippen LogP contribution in [0.2, 0.25) is 0 Å². The molecule has 2 bridgehead atoms. The van der Waals surface area contributed by atoms with Gasteiger partial charge in [-0.25, -0.2) is 0 Å². The van der Waals surface area contributed by atoms with Gasteiger partial charge in [-0.15, -0.1) is 0 Å². The number of Topliss-reactive ketones (excluding diaryl/α,β-unsaturated/α-hetero) is 1. The van der Waals surface area contributed by atoms with Crippen molar-refractivity contribution < 1.29 is 14.3 Å². The summed E-state index contributed by atoms with van der Waals surface area (Å²) in [6.07, 6.45) is 11.5. The summed E-state index contributed by atoms with van der Waals surface area (Å²) in [4.78, 5) is 13.6. The molecule has 0 spiro atoms. The molecule has 2 heterocycles. The summed E-state index contributed by atoms with van der Waals surface area (Å²) in [5, 5.41) is 2.31. The zero-order valence-corrected chi connectivity index (χ0v) is 27.5. The zero-order valence-electron chi connectivity index (χ0n) is 27.5. The molecule has 4 aromatic carbocycles. The van der Waals surface area contributed by atoms with Gasteiger partial charge in [0.2, 0.25) is 0 Å². The van der Waals surface area contributed by atoms with Crippen molar-refractivity contribution >= 4 is 27.9 Å². The average Bonchev–Trinajstić information content (AvgIpc) is 3.22. The normalized spacial score (nSPS) is 15.5. The summed E-state index contributed by atoms with van der Waals surface area (Å²) in [7, 11) is 0. The first-order valence-electron chi connectivity index (χ1n) is 16.3. The Bertz CT molecular complexity index is 2310. The van der Waals surface area contributed by atoms with E-state index in [0.29, 0.717) is 17.6 Å². The molecule has 0 saturated carbocycles. The van der Waals surface area contributed by atoms with Crippen molar-refractivity contribution in [1.82, 2.24) is 0 Å². The minimum atomic E-state index is -0.0611. The summed E-state index contributed by atoms with van der Waals surface area (Å²) in [6, 6.07) is 22.0. The number of carbonyl (C=O) groups excluding carboxylic acids is 1. The highest BCUT2D eigenvalue weighted by Gasteiger charge is 2.35. The largest absolute Gasteiger partial charge is 0.461 e. The van der Waals surface area contributed by atoms with E-state index in [-0.39, 0.29) is 5.78 Å². The Morgan fingerprint density at radius 3 is 2.32 bits per heavy atom. The molecule has 0 saturated heterocycles. The molecule has 47 heavy (non-hydrogen) atoms. The van der Waals surface area contributed by atoms with E-state index >= 15 is 0 Å². The molecular formula is C44H36O3. The van der Waals surface area contributed by atoms with Crippen LogP contribution in [0.15, 0.2) is 131 Å². The topological polar surface area (TPSA) is 35.5 Å². The molecule has 2 aliphatic carbocycles. The molecule has 0 fully saturated rings. The molecule has 2 aliphatic heterocycles. The number of rotatable bonds is 5. The van der Waals surface area contributed by atoms with E-state index in [1.165, 1.54) is 38.8 Å². The van der Waals surface area contributed by atoms with Crippen molar-refractivity contribution in [1.29, 1.82) is 0 Å². The van der Waals surface area contributed by atoms with Crippen molar-refractivity contribution in [3.8, 4) is 28.0 Å². The molecule has 0 unspecified atom stereocenters. The Hall–Kier alpha value is -5.41. The number of ketones is 1. The molecule has 3 heteroatoms.